The molecule has 3 heterocycles. The van der Waals surface area contributed by atoms with Gasteiger partial charge in [-0.25, -0.2) is 9.97 Å². The van der Waals surface area contributed by atoms with Crippen LogP contribution in [0.4, 0.5) is 16.8 Å². The lowest BCUT2D eigenvalue weighted by Gasteiger charge is -2.26. The summed E-state index contributed by atoms with van der Waals surface area (Å²) in [4.78, 5) is 15.7. The Morgan fingerprint density at radius 1 is 1.29 bits per heavy atom. The molecule has 5 nitrogen and oxygen atoms in total. The van der Waals surface area contributed by atoms with Gasteiger partial charge in [-0.05, 0) is 25.3 Å². The lowest BCUT2D eigenvalue weighted by Crippen LogP contribution is -2.24. The summed E-state index contributed by atoms with van der Waals surface area (Å²) in [6.45, 7) is 3.15. The van der Waals surface area contributed by atoms with Gasteiger partial charge in [-0.2, -0.15) is 0 Å². The van der Waals surface area contributed by atoms with E-state index in [0.29, 0.717) is 6.04 Å². The van der Waals surface area contributed by atoms with Crippen LogP contribution in [-0.2, 0) is 0 Å². The van der Waals surface area contributed by atoms with Crippen LogP contribution in [0.25, 0.3) is 0 Å². The number of benzene rings is 1. The number of anilines is 3. The van der Waals surface area contributed by atoms with Gasteiger partial charge in [0.05, 0.1) is 18.4 Å². The van der Waals surface area contributed by atoms with Crippen molar-refractivity contribution < 1.29 is 0 Å². The van der Waals surface area contributed by atoms with E-state index < -0.39 is 0 Å². The van der Waals surface area contributed by atoms with E-state index >= 15 is 0 Å². The van der Waals surface area contributed by atoms with Crippen molar-refractivity contribution >= 4 is 28.1 Å². The van der Waals surface area contributed by atoms with E-state index in [1.54, 1.807) is 23.7 Å². The van der Waals surface area contributed by atoms with E-state index in [2.05, 4.69) is 51.4 Å². The van der Waals surface area contributed by atoms with Crippen molar-refractivity contribution in [1.82, 2.24) is 15.0 Å². The van der Waals surface area contributed by atoms with Gasteiger partial charge in [0.15, 0.2) is 10.9 Å². The molecule has 4 rings (SSSR count). The van der Waals surface area contributed by atoms with Crippen LogP contribution in [0.1, 0.15) is 30.0 Å². The molecule has 1 unspecified atom stereocenters. The van der Waals surface area contributed by atoms with Crippen molar-refractivity contribution in [2.24, 2.45) is 0 Å². The molecule has 0 saturated carbocycles. The molecular formula is C18H19N5S. The largest absolute Gasteiger partial charge is 0.348 e. The molecule has 6 heteroatoms. The number of aromatic nitrogens is 3. The van der Waals surface area contributed by atoms with Crippen LogP contribution in [-0.4, -0.2) is 21.5 Å². The molecule has 1 N–H and O–H groups in total. The fourth-order valence-corrected chi connectivity index (χ4v) is 3.75. The standard InChI is InChI=1S/C18H19N5S/c1-13-4-2-5-14(10-13)15-6-3-8-23(15)17-12-19-11-16(21-17)22-18-20-7-9-24-18/h2,4-5,7,9-12,15H,3,6,8H2,1H3,(H,20,21,22). The molecule has 1 aromatic carbocycles. The molecule has 0 bridgehead atoms. The van der Waals surface area contributed by atoms with Crippen LogP contribution in [0.3, 0.4) is 0 Å². The third-order valence-electron chi connectivity index (χ3n) is 4.26. The van der Waals surface area contributed by atoms with E-state index in [9.17, 15) is 0 Å². The van der Waals surface area contributed by atoms with Crippen molar-refractivity contribution in [2.75, 3.05) is 16.8 Å². The average Bonchev–Trinajstić information content (AvgIpc) is 3.26. The van der Waals surface area contributed by atoms with Gasteiger partial charge in [0.2, 0.25) is 0 Å². The summed E-state index contributed by atoms with van der Waals surface area (Å²) in [5, 5.41) is 5.99. The van der Waals surface area contributed by atoms with Crippen LogP contribution in [0, 0.1) is 6.92 Å². The van der Waals surface area contributed by atoms with E-state index in [-0.39, 0.29) is 0 Å². The zero-order chi connectivity index (χ0) is 16.4. The zero-order valence-corrected chi connectivity index (χ0v) is 14.3. The first kappa shape index (κ1) is 15.1. The Bertz CT molecular complexity index is 818. The number of hydrogen-bond acceptors (Lipinski definition) is 6. The van der Waals surface area contributed by atoms with Crippen molar-refractivity contribution in [1.29, 1.82) is 0 Å². The van der Waals surface area contributed by atoms with Gasteiger partial charge in [-0.3, -0.25) is 4.98 Å². The topological polar surface area (TPSA) is 53.9 Å². The number of rotatable bonds is 4. The SMILES string of the molecule is Cc1cccc(C2CCCN2c2cncc(Nc3nccs3)n2)c1. The van der Waals surface area contributed by atoms with Gasteiger partial charge in [-0.1, -0.05) is 29.8 Å². The lowest BCUT2D eigenvalue weighted by atomic mass is 10.0. The smallest absolute Gasteiger partial charge is 0.188 e. The zero-order valence-electron chi connectivity index (χ0n) is 13.5. The fourth-order valence-electron chi connectivity index (χ4n) is 3.21. The molecule has 1 aliphatic heterocycles. The van der Waals surface area contributed by atoms with Crippen LogP contribution in [0.5, 0.6) is 0 Å². The van der Waals surface area contributed by atoms with Crippen molar-refractivity contribution in [3.63, 3.8) is 0 Å². The summed E-state index contributed by atoms with van der Waals surface area (Å²) >= 11 is 1.55. The molecule has 3 aromatic rings. The Balaban J connectivity index is 1.60. The van der Waals surface area contributed by atoms with Crippen molar-refractivity contribution in [2.45, 2.75) is 25.8 Å². The predicted molar refractivity (Wildman–Crippen MR) is 97.9 cm³/mol. The Morgan fingerprint density at radius 3 is 3.08 bits per heavy atom. The summed E-state index contributed by atoms with van der Waals surface area (Å²) < 4.78 is 0. The van der Waals surface area contributed by atoms with E-state index in [0.717, 1.165) is 29.7 Å². The van der Waals surface area contributed by atoms with Gasteiger partial charge in [0.1, 0.15) is 5.82 Å². The first-order valence-corrected chi connectivity index (χ1v) is 8.99. The second-order valence-electron chi connectivity index (χ2n) is 5.99. The highest BCUT2D eigenvalue weighted by Crippen LogP contribution is 2.35. The number of nitrogens with zero attached hydrogens (tertiary/aromatic N) is 4. The molecule has 122 valence electrons. The third-order valence-corrected chi connectivity index (χ3v) is 4.95. The molecule has 1 aliphatic rings. The lowest BCUT2D eigenvalue weighted by molar-refractivity contribution is 0.710. The quantitative estimate of drug-likeness (QED) is 0.768. The Kier molecular flexibility index (Phi) is 4.13. The molecule has 0 aliphatic carbocycles. The maximum atomic E-state index is 4.75. The summed E-state index contributed by atoms with van der Waals surface area (Å²) in [5.41, 5.74) is 2.65. The number of hydrogen-bond donors (Lipinski definition) is 1. The predicted octanol–water partition coefficient (Wildman–Crippen LogP) is 4.33. The summed E-state index contributed by atoms with van der Waals surface area (Å²) in [7, 11) is 0. The molecule has 2 aromatic heterocycles. The van der Waals surface area contributed by atoms with Crippen LogP contribution < -0.4 is 10.2 Å². The minimum Gasteiger partial charge on any atom is -0.348 e. The van der Waals surface area contributed by atoms with E-state index in [1.807, 2.05) is 11.6 Å². The summed E-state index contributed by atoms with van der Waals surface area (Å²) in [5.74, 6) is 1.65. The highest BCUT2D eigenvalue weighted by molar-refractivity contribution is 7.13. The minimum absolute atomic E-state index is 0.370. The monoisotopic (exact) mass is 337 g/mol. The molecule has 1 fully saturated rings. The number of nitrogens with one attached hydrogen (secondary N) is 1. The number of thiazole rings is 1. The Labute approximate surface area is 145 Å². The highest BCUT2D eigenvalue weighted by Gasteiger charge is 2.27. The van der Waals surface area contributed by atoms with Crippen LogP contribution in [0.2, 0.25) is 0 Å². The fraction of sp³-hybridized carbons (Fsp3) is 0.278. The molecule has 24 heavy (non-hydrogen) atoms. The van der Waals surface area contributed by atoms with Crippen molar-refractivity contribution in [3.8, 4) is 0 Å². The summed E-state index contributed by atoms with van der Waals surface area (Å²) in [6, 6.07) is 9.12. The first-order chi connectivity index (χ1) is 11.8. The van der Waals surface area contributed by atoms with E-state index in [4.69, 9.17) is 4.98 Å². The molecular weight excluding hydrogens is 318 g/mol. The van der Waals surface area contributed by atoms with Gasteiger partial charge >= 0.3 is 0 Å². The van der Waals surface area contributed by atoms with Gasteiger partial charge in [0.25, 0.3) is 0 Å². The average molecular weight is 337 g/mol. The van der Waals surface area contributed by atoms with E-state index in [1.165, 1.54) is 17.5 Å². The number of aryl methyl sites for hydroxylation is 1. The van der Waals surface area contributed by atoms with Crippen molar-refractivity contribution in [3.05, 3.63) is 59.4 Å². The Hall–Kier alpha value is -2.47. The molecule has 0 spiro atoms. The van der Waals surface area contributed by atoms with Gasteiger partial charge in [0, 0.05) is 18.1 Å². The van der Waals surface area contributed by atoms with Crippen LogP contribution in [0.15, 0.2) is 48.2 Å². The molecule has 0 amide bonds. The Morgan fingerprint density at radius 2 is 2.25 bits per heavy atom. The second-order valence-corrected chi connectivity index (χ2v) is 6.88. The minimum atomic E-state index is 0.370. The summed E-state index contributed by atoms with van der Waals surface area (Å²) in [6.07, 6.45) is 7.68. The maximum absolute atomic E-state index is 4.75. The third kappa shape index (κ3) is 3.10. The highest BCUT2D eigenvalue weighted by atomic mass is 32.1. The normalized spacial score (nSPS) is 17.2. The van der Waals surface area contributed by atoms with Gasteiger partial charge in [-0.15, -0.1) is 11.3 Å². The molecule has 1 atom stereocenters. The maximum Gasteiger partial charge on any atom is 0.188 e. The van der Waals surface area contributed by atoms with Crippen LogP contribution >= 0.6 is 11.3 Å². The molecule has 1 saturated heterocycles. The molecule has 0 radical (unpaired) electrons. The second kappa shape index (κ2) is 6.57. The first-order valence-electron chi connectivity index (χ1n) is 8.11. The van der Waals surface area contributed by atoms with Gasteiger partial charge < -0.3 is 10.2 Å².